The largest absolute Gasteiger partial charge is 0.481 e. The van der Waals surface area contributed by atoms with E-state index in [1.165, 1.54) is 11.1 Å². The molecular formula is C15H16N2O2S. The van der Waals surface area contributed by atoms with Crippen LogP contribution in [0.1, 0.15) is 21.7 Å². The van der Waals surface area contributed by atoms with Crippen LogP contribution in [0.5, 0.6) is 0 Å². The monoisotopic (exact) mass is 288 g/mol. The summed E-state index contributed by atoms with van der Waals surface area (Å²) in [5.74, 6) is -0.818. The molecule has 0 aliphatic carbocycles. The summed E-state index contributed by atoms with van der Waals surface area (Å²) in [6.45, 7) is 2.74. The molecule has 0 atom stereocenters. The van der Waals surface area contributed by atoms with Crippen molar-refractivity contribution in [2.45, 2.75) is 25.9 Å². The fourth-order valence-electron chi connectivity index (χ4n) is 2.60. The molecule has 0 amide bonds. The molecule has 2 heterocycles. The van der Waals surface area contributed by atoms with Crippen LogP contribution in [0.2, 0.25) is 0 Å². The Hall–Kier alpha value is -1.72. The third-order valence-electron chi connectivity index (χ3n) is 3.62. The zero-order valence-corrected chi connectivity index (χ0v) is 11.9. The van der Waals surface area contributed by atoms with E-state index >= 15 is 0 Å². The van der Waals surface area contributed by atoms with Gasteiger partial charge in [-0.2, -0.15) is 0 Å². The van der Waals surface area contributed by atoms with Crippen molar-refractivity contribution in [3.63, 3.8) is 0 Å². The number of carboxylic acids is 1. The summed E-state index contributed by atoms with van der Waals surface area (Å²) in [7, 11) is 0. The lowest BCUT2D eigenvalue weighted by Crippen LogP contribution is -2.30. The third kappa shape index (κ3) is 2.89. The van der Waals surface area contributed by atoms with Crippen molar-refractivity contribution in [3.05, 3.63) is 51.5 Å². The first-order valence-electron chi connectivity index (χ1n) is 6.64. The zero-order valence-electron chi connectivity index (χ0n) is 11.1. The molecule has 0 bridgehead atoms. The van der Waals surface area contributed by atoms with Crippen LogP contribution in [0.4, 0.5) is 0 Å². The quantitative estimate of drug-likeness (QED) is 0.938. The molecule has 1 aromatic carbocycles. The minimum atomic E-state index is -0.818. The second-order valence-electron chi connectivity index (χ2n) is 5.02. The maximum absolute atomic E-state index is 10.8. The van der Waals surface area contributed by atoms with Gasteiger partial charge in [-0.05, 0) is 17.5 Å². The predicted molar refractivity (Wildman–Crippen MR) is 77.7 cm³/mol. The Morgan fingerprint density at radius 2 is 2.15 bits per heavy atom. The number of hydrogen-bond acceptors (Lipinski definition) is 4. The highest BCUT2D eigenvalue weighted by molar-refractivity contribution is 7.09. The highest BCUT2D eigenvalue weighted by Gasteiger charge is 2.18. The van der Waals surface area contributed by atoms with E-state index in [0.29, 0.717) is 5.69 Å². The average molecular weight is 288 g/mol. The summed E-state index contributed by atoms with van der Waals surface area (Å²) in [6, 6.07) is 8.52. The van der Waals surface area contributed by atoms with Crippen molar-refractivity contribution < 1.29 is 9.90 Å². The second kappa shape index (κ2) is 5.73. The highest BCUT2D eigenvalue weighted by atomic mass is 32.1. The van der Waals surface area contributed by atoms with E-state index in [2.05, 4.69) is 34.1 Å². The molecule has 1 aliphatic rings. The predicted octanol–water partition coefficient (Wildman–Crippen LogP) is 2.33. The average Bonchev–Trinajstić information content (AvgIpc) is 2.85. The van der Waals surface area contributed by atoms with E-state index in [9.17, 15) is 4.79 Å². The van der Waals surface area contributed by atoms with Crippen molar-refractivity contribution >= 4 is 17.3 Å². The summed E-state index contributed by atoms with van der Waals surface area (Å²) in [6.07, 6.45) is 1.08. The van der Waals surface area contributed by atoms with Crippen molar-refractivity contribution in [2.24, 2.45) is 0 Å². The van der Waals surface area contributed by atoms with Crippen LogP contribution in [0.15, 0.2) is 29.8 Å². The van der Waals surface area contributed by atoms with Crippen LogP contribution >= 0.6 is 11.3 Å². The molecule has 20 heavy (non-hydrogen) atoms. The number of carbonyl (C=O) groups is 1. The van der Waals surface area contributed by atoms with Gasteiger partial charge in [-0.25, -0.2) is 4.98 Å². The van der Waals surface area contributed by atoms with Gasteiger partial charge in [-0.3, -0.25) is 9.69 Å². The van der Waals surface area contributed by atoms with Gasteiger partial charge in [0.15, 0.2) is 0 Å². The Bertz CT molecular complexity index is 624. The molecule has 3 rings (SSSR count). The molecule has 104 valence electrons. The lowest BCUT2D eigenvalue weighted by molar-refractivity contribution is -0.136. The van der Waals surface area contributed by atoms with Crippen LogP contribution in [-0.4, -0.2) is 27.5 Å². The van der Waals surface area contributed by atoms with E-state index < -0.39 is 5.97 Å². The molecule has 4 nitrogen and oxygen atoms in total. The molecule has 0 saturated heterocycles. The fourth-order valence-corrected chi connectivity index (χ4v) is 3.43. The number of hydrogen-bond donors (Lipinski definition) is 1. The van der Waals surface area contributed by atoms with Crippen LogP contribution in [0.25, 0.3) is 0 Å². The maximum Gasteiger partial charge on any atom is 0.309 e. The summed E-state index contributed by atoms with van der Waals surface area (Å²) < 4.78 is 0. The maximum atomic E-state index is 10.8. The van der Waals surface area contributed by atoms with Gasteiger partial charge in [-0.15, -0.1) is 11.3 Å². The number of nitrogens with zero attached hydrogens (tertiary/aromatic N) is 2. The molecule has 0 spiro atoms. The standard InChI is InChI=1S/C15H16N2O2S/c18-15(19)7-13-14(20-10-16-13)9-17-6-5-11-3-1-2-4-12(11)8-17/h1-4,10H,5-9H2,(H,18,19). The van der Waals surface area contributed by atoms with Crippen molar-refractivity contribution in [3.8, 4) is 0 Å². The van der Waals surface area contributed by atoms with Gasteiger partial charge < -0.3 is 5.11 Å². The van der Waals surface area contributed by atoms with Crippen LogP contribution in [0, 0.1) is 0 Å². The Labute approximate surface area is 121 Å². The number of benzene rings is 1. The summed E-state index contributed by atoms with van der Waals surface area (Å²) in [4.78, 5) is 18.4. The van der Waals surface area contributed by atoms with Gasteiger partial charge in [-0.1, -0.05) is 24.3 Å². The molecule has 1 aliphatic heterocycles. The molecule has 2 aromatic rings. The smallest absolute Gasteiger partial charge is 0.309 e. The van der Waals surface area contributed by atoms with Crippen molar-refractivity contribution in [2.75, 3.05) is 6.54 Å². The molecule has 0 fully saturated rings. The fraction of sp³-hybridized carbons (Fsp3) is 0.333. The van der Waals surface area contributed by atoms with E-state index in [4.69, 9.17) is 5.11 Å². The first-order chi connectivity index (χ1) is 9.72. The molecule has 0 saturated carbocycles. The van der Waals surface area contributed by atoms with Gasteiger partial charge in [0.1, 0.15) is 0 Å². The van der Waals surface area contributed by atoms with E-state index in [0.717, 1.165) is 30.9 Å². The van der Waals surface area contributed by atoms with Crippen LogP contribution in [0.3, 0.4) is 0 Å². The molecule has 0 unspecified atom stereocenters. The topological polar surface area (TPSA) is 53.4 Å². The second-order valence-corrected chi connectivity index (χ2v) is 5.96. The molecule has 0 radical (unpaired) electrons. The van der Waals surface area contributed by atoms with Gasteiger partial charge in [0.25, 0.3) is 0 Å². The normalized spacial score (nSPS) is 15.0. The molecule has 1 N–H and O–H groups in total. The zero-order chi connectivity index (χ0) is 13.9. The van der Waals surface area contributed by atoms with E-state index in [1.807, 2.05) is 0 Å². The lowest BCUT2D eigenvalue weighted by Gasteiger charge is -2.28. The third-order valence-corrected chi connectivity index (χ3v) is 4.48. The number of aromatic nitrogens is 1. The van der Waals surface area contributed by atoms with Crippen LogP contribution < -0.4 is 0 Å². The van der Waals surface area contributed by atoms with Gasteiger partial charge >= 0.3 is 5.97 Å². The van der Waals surface area contributed by atoms with Crippen molar-refractivity contribution in [1.29, 1.82) is 0 Å². The lowest BCUT2D eigenvalue weighted by atomic mass is 10.00. The van der Waals surface area contributed by atoms with Crippen molar-refractivity contribution in [1.82, 2.24) is 9.88 Å². The number of rotatable bonds is 4. The number of aliphatic carboxylic acids is 1. The Kier molecular flexibility index (Phi) is 3.80. The number of fused-ring (bicyclic) bond motifs is 1. The van der Waals surface area contributed by atoms with E-state index in [-0.39, 0.29) is 6.42 Å². The van der Waals surface area contributed by atoms with Gasteiger partial charge in [0.05, 0.1) is 17.6 Å². The van der Waals surface area contributed by atoms with Gasteiger partial charge in [0, 0.05) is 24.5 Å². The Morgan fingerprint density at radius 1 is 1.35 bits per heavy atom. The minimum Gasteiger partial charge on any atom is -0.481 e. The first kappa shape index (κ1) is 13.3. The Morgan fingerprint density at radius 3 is 2.95 bits per heavy atom. The first-order valence-corrected chi connectivity index (χ1v) is 7.52. The number of carboxylic acid groups (broad SMARTS) is 1. The number of thiazole rings is 1. The Balaban J connectivity index is 1.71. The summed E-state index contributed by atoms with van der Waals surface area (Å²) in [5, 5.41) is 8.90. The van der Waals surface area contributed by atoms with E-state index in [1.54, 1.807) is 16.8 Å². The molecular weight excluding hydrogens is 272 g/mol. The minimum absolute atomic E-state index is 0.0171. The highest BCUT2D eigenvalue weighted by Crippen LogP contribution is 2.23. The SMILES string of the molecule is O=C(O)Cc1ncsc1CN1CCc2ccccc2C1. The molecule has 1 aromatic heterocycles. The summed E-state index contributed by atoms with van der Waals surface area (Å²) >= 11 is 1.55. The molecule has 5 heteroatoms. The van der Waals surface area contributed by atoms with Crippen LogP contribution in [-0.2, 0) is 30.7 Å². The summed E-state index contributed by atoms with van der Waals surface area (Å²) in [5.41, 5.74) is 5.26. The van der Waals surface area contributed by atoms with Gasteiger partial charge in [0.2, 0.25) is 0 Å².